The van der Waals surface area contributed by atoms with Gasteiger partial charge in [-0.25, -0.2) is 8.78 Å². The fraction of sp³-hybridized carbons (Fsp3) is 0.182. The summed E-state index contributed by atoms with van der Waals surface area (Å²) in [6, 6.07) is 4.49. The normalized spacial score (nSPS) is 10.8. The zero-order valence-electron chi connectivity index (χ0n) is 7.72. The van der Waals surface area contributed by atoms with Gasteiger partial charge in [0.2, 0.25) is 0 Å². The van der Waals surface area contributed by atoms with E-state index in [1.807, 2.05) is 13.0 Å². The fourth-order valence-electron chi connectivity index (χ4n) is 1.38. The number of halogens is 2. The molecule has 0 aliphatic carbocycles. The quantitative estimate of drug-likeness (QED) is 0.678. The Kier molecular flexibility index (Phi) is 2.15. The van der Waals surface area contributed by atoms with Gasteiger partial charge in [0.1, 0.15) is 5.52 Å². The molecule has 1 aromatic heterocycles. The first-order chi connectivity index (χ1) is 6.72. The van der Waals surface area contributed by atoms with Crippen molar-refractivity contribution in [3.63, 3.8) is 0 Å². The zero-order chi connectivity index (χ0) is 10.1. The molecule has 0 bridgehead atoms. The zero-order valence-corrected chi connectivity index (χ0v) is 7.72. The van der Waals surface area contributed by atoms with E-state index in [4.69, 9.17) is 0 Å². The molecule has 2 rings (SSSR count). The molecule has 0 aliphatic rings. The number of rotatable bonds is 1. The second-order valence-electron chi connectivity index (χ2n) is 3.13. The molecule has 2 aromatic rings. The van der Waals surface area contributed by atoms with Crippen LogP contribution in [0.4, 0.5) is 8.78 Å². The molecule has 0 spiro atoms. The third kappa shape index (κ3) is 1.35. The third-order valence-electron chi connectivity index (χ3n) is 2.21. The maximum atomic E-state index is 13.2. The molecule has 0 saturated carbocycles. The first-order valence-corrected chi connectivity index (χ1v) is 4.45. The molecule has 1 aromatic carbocycles. The summed E-state index contributed by atoms with van der Waals surface area (Å²) >= 11 is 0. The molecule has 3 heteroatoms. The highest BCUT2D eigenvalue weighted by Gasteiger charge is 2.07. The smallest absolute Gasteiger partial charge is 0.184 e. The van der Waals surface area contributed by atoms with Crippen LogP contribution in [-0.2, 0) is 6.42 Å². The van der Waals surface area contributed by atoms with Gasteiger partial charge in [0.15, 0.2) is 11.6 Å². The van der Waals surface area contributed by atoms with Crippen LogP contribution in [-0.4, -0.2) is 4.98 Å². The first kappa shape index (κ1) is 9.06. The molecule has 72 valence electrons. The Morgan fingerprint density at radius 3 is 2.79 bits per heavy atom. The Balaban J connectivity index is 2.74. The van der Waals surface area contributed by atoms with Crippen LogP contribution >= 0.6 is 0 Å². The topological polar surface area (TPSA) is 12.9 Å². The van der Waals surface area contributed by atoms with Crippen molar-refractivity contribution in [2.24, 2.45) is 0 Å². The lowest BCUT2D eigenvalue weighted by Crippen LogP contribution is -1.91. The summed E-state index contributed by atoms with van der Waals surface area (Å²) in [7, 11) is 0. The number of aromatic nitrogens is 1. The van der Waals surface area contributed by atoms with Crippen molar-refractivity contribution in [1.82, 2.24) is 4.98 Å². The van der Waals surface area contributed by atoms with E-state index < -0.39 is 11.6 Å². The molecule has 0 unspecified atom stereocenters. The van der Waals surface area contributed by atoms with Gasteiger partial charge < -0.3 is 0 Å². The van der Waals surface area contributed by atoms with E-state index in [2.05, 4.69) is 4.98 Å². The van der Waals surface area contributed by atoms with Crippen molar-refractivity contribution in [1.29, 1.82) is 0 Å². The minimum atomic E-state index is -0.870. The highest BCUT2D eigenvalue weighted by molar-refractivity contribution is 5.79. The predicted molar refractivity (Wildman–Crippen MR) is 51.0 cm³/mol. The van der Waals surface area contributed by atoms with Crippen LogP contribution in [0, 0.1) is 11.6 Å². The highest BCUT2D eigenvalue weighted by atomic mass is 19.2. The maximum absolute atomic E-state index is 13.2. The van der Waals surface area contributed by atoms with Crippen molar-refractivity contribution in [3.8, 4) is 0 Å². The Bertz CT molecular complexity index is 480. The van der Waals surface area contributed by atoms with E-state index in [0.717, 1.165) is 18.1 Å². The van der Waals surface area contributed by atoms with Crippen molar-refractivity contribution in [2.45, 2.75) is 13.3 Å². The number of benzene rings is 1. The van der Waals surface area contributed by atoms with Gasteiger partial charge in [-0.2, -0.15) is 0 Å². The average Bonchev–Trinajstić information content (AvgIpc) is 2.23. The number of hydrogen-bond donors (Lipinski definition) is 0. The summed E-state index contributed by atoms with van der Waals surface area (Å²) in [4.78, 5) is 3.90. The summed E-state index contributed by atoms with van der Waals surface area (Å²) < 4.78 is 26.0. The van der Waals surface area contributed by atoms with E-state index in [1.165, 1.54) is 0 Å². The van der Waals surface area contributed by atoms with Crippen LogP contribution in [0.1, 0.15) is 12.5 Å². The molecule has 0 aliphatic heterocycles. The molecular formula is C11H9F2N. The monoisotopic (exact) mass is 193 g/mol. The molecule has 0 radical (unpaired) electrons. The number of pyridine rings is 1. The molecular weight excluding hydrogens is 184 g/mol. The summed E-state index contributed by atoms with van der Waals surface area (Å²) in [6.45, 7) is 1.99. The second-order valence-corrected chi connectivity index (χ2v) is 3.13. The van der Waals surface area contributed by atoms with E-state index in [0.29, 0.717) is 5.39 Å². The van der Waals surface area contributed by atoms with Gasteiger partial charge in [0.25, 0.3) is 0 Å². The number of aryl methyl sites for hydroxylation is 1. The van der Waals surface area contributed by atoms with Gasteiger partial charge in [-0.1, -0.05) is 6.92 Å². The SMILES string of the molecule is CCc1cnc2c(F)c(F)ccc2c1. The summed E-state index contributed by atoms with van der Waals surface area (Å²) in [5, 5.41) is 0.642. The van der Waals surface area contributed by atoms with Crippen molar-refractivity contribution < 1.29 is 8.78 Å². The Morgan fingerprint density at radius 1 is 1.29 bits per heavy atom. The van der Waals surface area contributed by atoms with E-state index >= 15 is 0 Å². The van der Waals surface area contributed by atoms with Gasteiger partial charge in [-0.15, -0.1) is 0 Å². The number of nitrogens with zero attached hydrogens (tertiary/aromatic N) is 1. The fourth-order valence-corrected chi connectivity index (χ4v) is 1.38. The lowest BCUT2D eigenvalue weighted by Gasteiger charge is -2.01. The van der Waals surface area contributed by atoms with Gasteiger partial charge in [0.05, 0.1) is 0 Å². The minimum absolute atomic E-state index is 0.0993. The van der Waals surface area contributed by atoms with Gasteiger partial charge in [-0.3, -0.25) is 4.98 Å². The maximum Gasteiger partial charge on any atom is 0.184 e. The van der Waals surface area contributed by atoms with Crippen molar-refractivity contribution in [2.75, 3.05) is 0 Å². The molecule has 14 heavy (non-hydrogen) atoms. The summed E-state index contributed by atoms with van der Waals surface area (Å²) in [5.41, 5.74) is 1.12. The van der Waals surface area contributed by atoms with E-state index in [-0.39, 0.29) is 5.52 Å². The van der Waals surface area contributed by atoms with Gasteiger partial charge >= 0.3 is 0 Å². The van der Waals surface area contributed by atoms with Gasteiger partial charge in [0, 0.05) is 11.6 Å². The van der Waals surface area contributed by atoms with Crippen LogP contribution in [0.5, 0.6) is 0 Å². The Morgan fingerprint density at radius 2 is 2.07 bits per heavy atom. The van der Waals surface area contributed by atoms with Crippen molar-refractivity contribution >= 4 is 10.9 Å². The van der Waals surface area contributed by atoms with Crippen LogP contribution in [0.15, 0.2) is 24.4 Å². The molecule has 0 fully saturated rings. The molecule has 1 nitrogen and oxygen atoms in total. The van der Waals surface area contributed by atoms with Crippen LogP contribution in [0.3, 0.4) is 0 Å². The minimum Gasteiger partial charge on any atom is -0.253 e. The van der Waals surface area contributed by atoms with E-state index in [1.54, 1.807) is 12.3 Å². The van der Waals surface area contributed by atoms with Crippen LogP contribution < -0.4 is 0 Å². The standard InChI is InChI=1S/C11H9F2N/c1-2-7-5-8-3-4-9(12)10(13)11(8)14-6-7/h3-6H,2H2,1H3. The molecule has 1 heterocycles. The molecule has 0 N–H and O–H groups in total. The number of hydrogen-bond acceptors (Lipinski definition) is 1. The predicted octanol–water partition coefficient (Wildman–Crippen LogP) is 3.08. The average molecular weight is 193 g/mol. The largest absolute Gasteiger partial charge is 0.253 e. The second kappa shape index (κ2) is 3.33. The summed E-state index contributed by atoms with van der Waals surface area (Å²) in [6.07, 6.45) is 2.41. The molecule has 0 amide bonds. The number of fused-ring (bicyclic) bond motifs is 1. The lowest BCUT2D eigenvalue weighted by molar-refractivity contribution is 0.515. The highest BCUT2D eigenvalue weighted by Crippen LogP contribution is 2.19. The molecule has 0 atom stereocenters. The molecule has 0 saturated heterocycles. The summed E-state index contributed by atoms with van der Waals surface area (Å²) in [5.74, 6) is -1.72. The van der Waals surface area contributed by atoms with Crippen LogP contribution in [0.25, 0.3) is 10.9 Å². The Labute approximate surface area is 80.4 Å². The van der Waals surface area contributed by atoms with Gasteiger partial charge in [-0.05, 0) is 30.2 Å². The van der Waals surface area contributed by atoms with Crippen LogP contribution in [0.2, 0.25) is 0 Å². The van der Waals surface area contributed by atoms with Crippen molar-refractivity contribution in [3.05, 3.63) is 41.6 Å². The lowest BCUT2D eigenvalue weighted by atomic mass is 10.1. The first-order valence-electron chi connectivity index (χ1n) is 4.45. The Hall–Kier alpha value is -1.51. The third-order valence-corrected chi connectivity index (χ3v) is 2.21. The van der Waals surface area contributed by atoms with E-state index in [9.17, 15) is 8.78 Å².